The standard InChI is InChI=1S/C16H26N2/c1-5-18(12(2)3)16-9-6-13(4)10-14(16)11-17-15-7-8-15/h6,9-10,12,15,17H,5,7-8,11H2,1-4H3. The van der Waals surface area contributed by atoms with E-state index in [2.05, 4.69) is 56.1 Å². The van der Waals surface area contributed by atoms with Crippen LogP contribution in [0.5, 0.6) is 0 Å². The Kier molecular flexibility index (Phi) is 4.28. The molecule has 1 N–H and O–H groups in total. The van der Waals surface area contributed by atoms with Crippen molar-refractivity contribution in [2.45, 2.75) is 59.2 Å². The number of hydrogen-bond donors (Lipinski definition) is 1. The highest BCUT2D eigenvalue weighted by molar-refractivity contribution is 5.55. The highest BCUT2D eigenvalue weighted by Crippen LogP contribution is 2.26. The van der Waals surface area contributed by atoms with E-state index in [9.17, 15) is 0 Å². The minimum Gasteiger partial charge on any atom is -0.369 e. The Balaban J connectivity index is 2.19. The van der Waals surface area contributed by atoms with E-state index in [0.717, 1.165) is 19.1 Å². The van der Waals surface area contributed by atoms with Crippen LogP contribution in [0, 0.1) is 6.92 Å². The van der Waals surface area contributed by atoms with Crippen LogP contribution in [0.25, 0.3) is 0 Å². The van der Waals surface area contributed by atoms with Crippen molar-refractivity contribution in [1.82, 2.24) is 5.32 Å². The molecule has 0 atom stereocenters. The third-order valence-corrected chi connectivity index (χ3v) is 3.67. The maximum absolute atomic E-state index is 3.63. The van der Waals surface area contributed by atoms with Gasteiger partial charge in [-0.05, 0) is 52.2 Å². The van der Waals surface area contributed by atoms with Crippen LogP contribution in [0.4, 0.5) is 5.69 Å². The lowest BCUT2D eigenvalue weighted by Crippen LogP contribution is -2.32. The molecule has 1 aromatic rings. The largest absolute Gasteiger partial charge is 0.369 e. The van der Waals surface area contributed by atoms with E-state index in [4.69, 9.17) is 0 Å². The summed E-state index contributed by atoms with van der Waals surface area (Å²) < 4.78 is 0. The first-order chi connectivity index (χ1) is 8.61. The number of rotatable bonds is 6. The van der Waals surface area contributed by atoms with E-state index < -0.39 is 0 Å². The van der Waals surface area contributed by atoms with Crippen LogP contribution in [-0.4, -0.2) is 18.6 Å². The Labute approximate surface area is 111 Å². The quantitative estimate of drug-likeness (QED) is 0.826. The van der Waals surface area contributed by atoms with E-state index in [0.29, 0.717) is 6.04 Å². The number of nitrogens with one attached hydrogen (secondary N) is 1. The molecule has 0 radical (unpaired) electrons. The van der Waals surface area contributed by atoms with Gasteiger partial charge in [-0.15, -0.1) is 0 Å². The molecular weight excluding hydrogens is 220 g/mol. The smallest absolute Gasteiger partial charge is 0.0414 e. The molecule has 2 heteroatoms. The van der Waals surface area contributed by atoms with Gasteiger partial charge in [0.2, 0.25) is 0 Å². The Morgan fingerprint density at radius 3 is 2.61 bits per heavy atom. The summed E-state index contributed by atoms with van der Waals surface area (Å²) in [6, 6.07) is 8.16. The maximum atomic E-state index is 3.63. The van der Waals surface area contributed by atoms with E-state index >= 15 is 0 Å². The fraction of sp³-hybridized carbons (Fsp3) is 0.625. The van der Waals surface area contributed by atoms with Crippen molar-refractivity contribution in [2.75, 3.05) is 11.4 Å². The molecule has 1 aliphatic rings. The van der Waals surface area contributed by atoms with Gasteiger partial charge in [0.25, 0.3) is 0 Å². The van der Waals surface area contributed by atoms with Crippen molar-refractivity contribution in [3.05, 3.63) is 29.3 Å². The van der Waals surface area contributed by atoms with Gasteiger partial charge in [0, 0.05) is 30.9 Å². The predicted molar refractivity (Wildman–Crippen MR) is 79.2 cm³/mol. The van der Waals surface area contributed by atoms with Crippen molar-refractivity contribution >= 4 is 5.69 Å². The first-order valence-electron chi connectivity index (χ1n) is 7.21. The van der Waals surface area contributed by atoms with Crippen molar-refractivity contribution in [3.63, 3.8) is 0 Å². The lowest BCUT2D eigenvalue weighted by Gasteiger charge is -2.30. The molecule has 18 heavy (non-hydrogen) atoms. The second kappa shape index (κ2) is 5.75. The maximum Gasteiger partial charge on any atom is 0.0414 e. The predicted octanol–water partition coefficient (Wildman–Crippen LogP) is 3.48. The third kappa shape index (κ3) is 3.26. The fourth-order valence-electron chi connectivity index (χ4n) is 2.49. The van der Waals surface area contributed by atoms with Gasteiger partial charge in [-0.3, -0.25) is 0 Å². The second-order valence-electron chi connectivity index (χ2n) is 5.67. The number of aryl methyl sites for hydroxylation is 1. The van der Waals surface area contributed by atoms with Gasteiger partial charge in [0.1, 0.15) is 0 Å². The highest BCUT2D eigenvalue weighted by atomic mass is 15.1. The lowest BCUT2D eigenvalue weighted by molar-refractivity contribution is 0.667. The molecule has 0 bridgehead atoms. The van der Waals surface area contributed by atoms with Gasteiger partial charge >= 0.3 is 0 Å². The molecule has 2 rings (SSSR count). The SMILES string of the molecule is CCN(c1ccc(C)cc1CNC1CC1)C(C)C. The van der Waals surface area contributed by atoms with Gasteiger partial charge in [0.15, 0.2) is 0 Å². The molecule has 1 aromatic carbocycles. The topological polar surface area (TPSA) is 15.3 Å². The van der Waals surface area contributed by atoms with Crippen LogP contribution in [0.3, 0.4) is 0 Å². The molecule has 0 unspecified atom stereocenters. The number of anilines is 1. The van der Waals surface area contributed by atoms with Gasteiger partial charge in [-0.1, -0.05) is 17.7 Å². The van der Waals surface area contributed by atoms with Crippen LogP contribution < -0.4 is 10.2 Å². The average Bonchev–Trinajstić information content (AvgIpc) is 3.13. The minimum absolute atomic E-state index is 0.553. The first kappa shape index (κ1) is 13.4. The Morgan fingerprint density at radius 2 is 2.06 bits per heavy atom. The van der Waals surface area contributed by atoms with Crippen LogP contribution in [0.2, 0.25) is 0 Å². The zero-order chi connectivity index (χ0) is 13.1. The van der Waals surface area contributed by atoms with E-state index in [1.807, 2.05) is 0 Å². The van der Waals surface area contributed by atoms with Crippen LogP contribution in [0.1, 0.15) is 44.7 Å². The summed E-state index contributed by atoms with van der Waals surface area (Å²) in [5, 5.41) is 3.63. The van der Waals surface area contributed by atoms with Crippen molar-refractivity contribution in [1.29, 1.82) is 0 Å². The zero-order valence-corrected chi connectivity index (χ0v) is 12.2. The van der Waals surface area contributed by atoms with E-state index in [-0.39, 0.29) is 0 Å². The van der Waals surface area contributed by atoms with Crippen LogP contribution in [0.15, 0.2) is 18.2 Å². The monoisotopic (exact) mass is 246 g/mol. The summed E-state index contributed by atoms with van der Waals surface area (Å²) in [5.74, 6) is 0. The summed E-state index contributed by atoms with van der Waals surface area (Å²) in [6.07, 6.45) is 2.70. The molecule has 0 aliphatic heterocycles. The van der Waals surface area contributed by atoms with Gasteiger partial charge in [-0.2, -0.15) is 0 Å². The molecule has 1 fully saturated rings. The third-order valence-electron chi connectivity index (χ3n) is 3.67. The second-order valence-corrected chi connectivity index (χ2v) is 5.67. The van der Waals surface area contributed by atoms with Gasteiger partial charge in [0.05, 0.1) is 0 Å². The number of nitrogens with zero attached hydrogens (tertiary/aromatic N) is 1. The molecule has 0 saturated heterocycles. The van der Waals surface area contributed by atoms with E-state index in [1.165, 1.54) is 29.7 Å². The van der Waals surface area contributed by atoms with E-state index in [1.54, 1.807) is 0 Å². The van der Waals surface area contributed by atoms with Crippen LogP contribution >= 0.6 is 0 Å². The number of benzene rings is 1. The average molecular weight is 246 g/mol. The summed E-state index contributed by atoms with van der Waals surface area (Å²) in [5.41, 5.74) is 4.19. The van der Waals surface area contributed by atoms with Crippen molar-refractivity contribution < 1.29 is 0 Å². The Bertz CT molecular complexity index is 394. The summed E-state index contributed by atoms with van der Waals surface area (Å²) in [7, 11) is 0. The fourth-order valence-corrected chi connectivity index (χ4v) is 2.49. The summed E-state index contributed by atoms with van der Waals surface area (Å²) in [6.45, 7) is 11.0. The molecule has 2 nitrogen and oxygen atoms in total. The first-order valence-corrected chi connectivity index (χ1v) is 7.21. The van der Waals surface area contributed by atoms with Gasteiger partial charge in [-0.25, -0.2) is 0 Å². The van der Waals surface area contributed by atoms with Gasteiger partial charge < -0.3 is 10.2 Å². The Hall–Kier alpha value is -1.02. The molecule has 0 amide bonds. The zero-order valence-electron chi connectivity index (χ0n) is 12.2. The molecular formula is C16H26N2. The molecule has 1 aliphatic carbocycles. The van der Waals surface area contributed by atoms with Crippen LogP contribution in [-0.2, 0) is 6.54 Å². The Morgan fingerprint density at radius 1 is 1.33 bits per heavy atom. The molecule has 100 valence electrons. The number of hydrogen-bond acceptors (Lipinski definition) is 2. The molecule has 0 spiro atoms. The minimum atomic E-state index is 0.553. The normalized spacial score (nSPS) is 15.2. The summed E-state index contributed by atoms with van der Waals surface area (Å²) >= 11 is 0. The summed E-state index contributed by atoms with van der Waals surface area (Å²) in [4.78, 5) is 2.48. The molecule has 1 saturated carbocycles. The van der Waals surface area contributed by atoms with Crippen molar-refractivity contribution in [2.24, 2.45) is 0 Å². The molecule has 0 heterocycles. The lowest BCUT2D eigenvalue weighted by atomic mass is 10.1. The van der Waals surface area contributed by atoms with Crippen molar-refractivity contribution in [3.8, 4) is 0 Å². The molecule has 0 aromatic heterocycles. The highest BCUT2D eigenvalue weighted by Gasteiger charge is 2.21.